The van der Waals surface area contributed by atoms with E-state index in [1.165, 1.54) is 10.8 Å². The molecule has 3 rings (SSSR count). The zero-order chi connectivity index (χ0) is 21.8. The number of hydrogen-bond donors (Lipinski definition) is 3. The van der Waals surface area contributed by atoms with Crippen LogP contribution in [0.25, 0.3) is 0 Å². The van der Waals surface area contributed by atoms with E-state index in [1.807, 2.05) is 0 Å². The zero-order valence-electron chi connectivity index (χ0n) is 15.7. The maximum Gasteiger partial charge on any atom is 0.330 e. The molecule has 0 spiro atoms. The number of H-pyrrole nitrogens is 1. The summed E-state index contributed by atoms with van der Waals surface area (Å²) in [5.74, 6) is -0.116. The molecule has 3 N–H and O–H groups in total. The van der Waals surface area contributed by atoms with Crippen LogP contribution in [0.3, 0.4) is 0 Å². The van der Waals surface area contributed by atoms with Gasteiger partial charge in [-0.05, 0) is 24.1 Å². The van der Waals surface area contributed by atoms with Crippen LogP contribution in [-0.2, 0) is 22.4 Å². The van der Waals surface area contributed by atoms with Crippen molar-refractivity contribution in [2.75, 3.05) is 12.4 Å². The standard InChI is InChI=1S/C19H20Cl3N3O5/c20-5-4-10-9-25(19(29)24-18(10)28)17-7-14(26)15(30-17)8-23-16(27)6-11-12(21)2-1-3-13(11)22/h1-3,9,14-15,17,26H,4-8H2,(H,23,27)(H,24,28,29)/t14-,15+,17+/m0/s1. The smallest absolute Gasteiger partial charge is 0.330 e. The molecule has 0 aliphatic carbocycles. The van der Waals surface area contributed by atoms with Gasteiger partial charge in [0.1, 0.15) is 12.3 Å². The van der Waals surface area contributed by atoms with E-state index < -0.39 is 29.7 Å². The molecule has 0 saturated carbocycles. The number of carbonyl (C=O) groups is 1. The first-order valence-corrected chi connectivity index (χ1v) is 10.5. The first-order chi connectivity index (χ1) is 14.3. The normalized spacial score (nSPS) is 21.0. The number of hydrogen-bond acceptors (Lipinski definition) is 5. The molecule has 0 bridgehead atoms. The summed E-state index contributed by atoms with van der Waals surface area (Å²) in [6.07, 6.45) is -0.629. The fourth-order valence-corrected chi connectivity index (χ4v) is 3.96. The average Bonchev–Trinajstić information content (AvgIpc) is 3.06. The van der Waals surface area contributed by atoms with Gasteiger partial charge in [0, 0.05) is 40.7 Å². The van der Waals surface area contributed by atoms with Crippen LogP contribution in [-0.4, -0.2) is 45.2 Å². The molecule has 0 radical (unpaired) electrons. The molecule has 1 fully saturated rings. The van der Waals surface area contributed by atoms with Crippen molar-refractivity contribution in [3.05, 3.63) is 66.4 Å². The minimum atomic E-state index is -0.908. The predicted octanol–water partition coefficient (Wildman–Crippen LogP) is 1.63. The Morgan fingerprint density at radius 2 is 2.00 bits per heavy atom. The Morgan fingerprint density at radius 3 is 2.67 bits per heavy atom. The lowest BCUT2D eigenvalue weighted by molar-refractivity contribution is -0.121. The number of nitrogens with zero attached hydrogens (tertiary/aromatic N) is 1. The fraction of sp³-hybridized carbons (Fsp3) is 0.421. The highest BCUT2D eigenvalue weighted by molar-refractivity contribution is 6.36. The van der Waals surface area contributed by atoms with Gasteiger partial charge in [-0.1, -0.05) is 29.3 Å². The quantitative estimate of drug-likeness (QED) is 0.526. The molecule has 1 aliphatic rings. The molecule has 1 aromatic heterocycles. The lowest BCUT2D eigenvalue weighted by Gasteiger charge is -2.17. The van der Waals surface area contributed by atoms with Crippen molar-refractivity contribution < 1.29 is 14.6 Å². The number of nitrogens with one attached hydrogen (secondary N) is 2. The van der Waals surface area contributed by atoms with Gasteiger partial charge >= 0.3 is 5.69 Å². The Labute approximate surface area is 186 Å². The van der Waals surface area contributed by atoms with Crippen molar-refractivity contribution >= 4 is 40.7 Å². The molecule has 1 amide bonds. The largest absolute Gasteiger partial charge is 0.390 e. The molecule has 3 atom stereocenters. The second-order valence-corrected chi connectivity index (χ2v) is 8.07. The van der Waals surface area contributed by atoms with E-state index in [9.17, 15) is 19.5 Å². The number of amides is 1. The first-order valence-electron chi connectivity index (χ1n) is 9.23. The summed E-state index contributed by atoms with van der Waals surface area (Å²) in [5, 5.41) is 13.8. The number of aromatic nitrogens is 2. The van der Waals surface area contributed by atoms with Crippen molar-refractivity contribution in [2.24, 2.45) is 0 Å². The lowest BCUT2D eigenvalue weighted by Crippen LogP contribution is -2.38. The first kappa shape index (κ1) is 22.8. The van der Waals surface area contributed by atoms with E-state index in [-0.39, 0.29) is 37.6 Å². The van der Waals surface area contributed by atoms with Gasteiger partial charge in [-0.25, -0.2) is 4.79 Å². The number of alkyl halides is 1. The Bertz CT molecular complexity index is 1020. The van der Waals surface area contributed by atoms with E-state index in [4.69, 9.17) is 39.5 Å². The number of aryl methyl sites for hydroxylation is 1. The number of ether oxygens (including phenoxy) is 1. The third kappa shape index (κ3) is 5.25. The monoisotopic (exact) mass is 475 g/mol. The fourth-order valence-electron chi connectivity index (χ4n) is 3.23. The van der Waals surface area contributed by atoms with Crippen LogP contribution >= 0.6 is 34.8 Å². The summed E-state index contributed by atoms with van der Waals surface area (Å²) < 4.78 is 6.97. The Balaban J connectivity index is 1.63. The van der Waals surface area contributed by atoms with Crippen LogP contribution in [0.4, 0.5) is 0 Å². The molecule has 30 heavy (non-hydrogen) atoms. The van der Waals surface area contributed by atoms with Gasteiger partial charge < -0.3 is 15.2 Å². The molecule has 162 valence electrons. The highest BCUT2D eigenvalue weighted by atomic mass is 35.5. The molecule has 1 saturated heterocycles. The molecule has 1 aliphatic heterocycles. The number of aliphatic hydroxyl groups excluding tert-OH is 1. The Hall–Kier alpha value is -1.84. The maximum absolute atomic E-state index is 12.3. The Kier molecular flexibility index (Phi) is 7.60. The van der Waals surface area contributed by atoms with Crippen LogP contribution in [0.15, 0.2) is 34.0 Å². The van der Waals surface area contributed by atoms with Crippen LogP contribution in [0.5, 0.6) is 0 Å². The topological polar surface area (TPSA) is 113 Å². The maximum atomic E-state index is 12.3. The minimum absolute atomic E-state index is 0.0219. The summed E-state index contributed by atoms with van der Waals surface area (Å²) >= 11 is 17.8. The van der Waals surface area contributed by atoms with Gasteiger partial charge in [-0.2, -0.15) is 0 Å². The molecule has 2 aromatic rings. The van der Waals surface area contributed by atoms with Gasteiger partial charge in [0.05, 0.1) is 12.5 Å². The minimum Gasteiger partial charge on any atom is -0.390 e. The van der Waals surface area contributed by atoms with Crippen molar-refractivity contribution in [1.82, 2.24) is 14.9 Å². The van der Waals surface area contributed by atoms with E-state index in [2.05, 4.69) is 10.3 Å². The molecule has 0 unspecified atom stereocenters. The molecule has 2 heterocycles. The van der Waals surface area contributed by atoms with Gasteiger partial charge in [0.15, 0.2) is 0 Å². The van der Waals surface area contributed by atoms with Gasteiger partial charge in [0.2, 0.25) is 5.91 Å². The van der Waals surface area contributed by atoms with Crippen LogP contribution in [0.1, 0.15) is 23.8 Å². The van der Waals surface area contributed by atoms with Crippen LogP contribution in [0, 0.1) is 0 Å². The third-order valence-electron chi connectivity index (χ3n) is 4.82. The molecule has 8 nitrogen and oxygen atoms in total. The van der Waals surface area contributed by atoms with E-state index in [0.29, 0.717) is 21.2 Å². The predicted molar refractivity (Wildman–Crippen MR) is 113 cm³/mol. The highest BCUT2D eigenvalue weighted by Crippen LogP contribution is 2.28. The van der Waals surface area contributed by atoms with Gasteiger partial charge in [-0.3, -0.25) is 19.1 Å². The number of carbonyl (C=O) groups excluding carboxylic acids is 1. The second kappa shape index (κ2) is 9.98. The molecule has 1 aromatic carbocycles. The number of aromatic amines is 1. The van der Waals surface area contributed by atoms with Crippen LogP contribution in [0.2, 0.25) is 10.0 Å². The van der Waals surface area contributed by atoms with Gasteiger partial charge in [0.25, 0.3) is 5.56 Å². The zero-order valence-corrected chi connectivity index (χ0v) is 18.0. The van der Waals surface area contributed by atoms with E-state index >= 15 is 0 Å². The van der Waals surface area contributed by atoms with Gasteiger partial charge in [-0.15, -0.1) is 11.6 Å². The lowest BCUT2D eigenvalue weighted by atomic mass is 10.1. The summed E-state index contributed by atoms with van der Waals surface area (Å²) in [6, 6.07) is 4.97. The average molecular weight is 477 g/mol. The number of rotatable bonds is 7. The summed E-state index contributed by atoms with van der Waals surface area (Å²) in [6.45, 7) is 0.0329. The summed E-state index contributed by atoms with van der Waals surface area (Å²) in [5.41, 5.74) is -0.294. The number of benzene rings is 1. The highest BCUT2D eigenvalue weighted by Gasteiger charge is 2.35. The SMILES string of the molecule is O=C(Cc1c(Cl)cccc1Cl)NC[C@H]1O[C@@H](n2cc(CCCl)c(=O)[nH]c2=O)C[C@@H]1O. The van der Waals surface area contributed by atoms with E-state index in [0.717, 1.165) is 0 Å². The third-order valence-corrected chi connectivity index (χ3v) is 5.72. The summed E-state index contributed by atoms with van der Waals surface area (Å²) in [4.78, 5) is 38.5. The second-order valence-electron chi connectivity index (χ2n) is 6.87. The van der Waals surface area contributed by atoms with Crippen molar-refractivity contribution in [3.63, 3.8) is 0 Å². The number of halogens is 3. The van der Waals surface area contributed by atoms with Crippen LogP contribution < -0.4 is 16.6 Å². The Morgan fingerprint density at radius 1 is 1.30 bits per heavy atom. The van der Waals surface area contributed by atoms with E-state index in [1.54, 1.807) is 18.2 Å². The number of aliphatic hydroxyl groups is 1. The molecular formula is C19H20Cl3N3O5. The molecular weight excluding hydrogens is 457 g/mol. The van der Waals surface area contributed by atoms with Crippen molar-refractivity contribution in [1.29, 1.82) is 0 Å². The van der Waals surface area contributed by atoms with Crippen molar-refractivity contribution in [3.8, 4) is 0 Å². The summed E-state index contributed by atoms with van der Waals surface area (Å²) in [7, 11) is 0. The van der Waals surface area contributed by atoms with Crippen molar-refractivity contribution in [2.45, 2.75) is 37.7 Å². The molecule has 11 heteroatoms.